The number of pyridine rings is 1. The molecule has 132 valence electrons. The molecule has 0 aliphatic heterocycles. The number of nitro benzene ring substituents is 1. The average molecular weight is 378 g/mol. The highest BCUT2D eigenvalue weighted by Gasteiger charge is 2.18. The van der Waals surface area contributed by atoms with Gasteiger partial charge in [-0.3, -0.25) is 19.7 Å². The molecule has 0 radical (unpaired) electrons. The van der Waals surface area contributed by atoms with Crippen LogP contribution < -0.4 is 0 Å². The molecule has 8 heteroatoms. The number of rotatable bonds is 4. The van der Waals surface area contributed by atoms with E-state index in [1.807, 2.05) is 28.8 Å². The van der Waals surface area contributed by atoms with Crippen LogP contribution in [-0.2, 0) is 0 Å². The first-order valence-electron chi connectivity index (χ1n) is 8.00. The molecule has 2 heterocycles. The van der Waals surface area contributed by atoms with Crippen molar-refractivity contribution in [3.63, 3.8) is 0 Å². The van der Waals surface area contributed by atoms with E-state index >= 15 is 0 Å². The minimum absolute atomic E-state index is 0.0191. The van der Waals surface area contributed by atoms with Crippen LogP contribution in [-0.4, -0.2) is 24.7 Å². The second kappa shape index (κ2) is 6.97. The van der Waals surface area contributed by atoms with E-state index in [0.29, 0.717) is 22.2 Å². The summed E-state index contributed by atoms with van der Waals surface area (Å²) >= 11 is 6.02. The summed E-state index contributed by atoms with van der Waals surface area (Å²) in [6.45, 7) is 0. The predicted molar refractivity (Wildman–Crippen MR) is 102 cm³/mol. The highest BCUT2D eigenvalue weighted by Crippen LogP contribution is 2.29. The maximum absolute atomic E-state index is 10.9. The van der Waals surface area contributed by atoms with Crippen LogP contribution in [0.1, 0.15) is 0 Å². The fraction of sp³-hybridized carbons (Fsp3) is 0. The number of aromatic nitrogens is 4. The van der Waals surface area contributed by atoms with Crippen molar-refractivity contribution < 1.29 is 4.92 Å². The Kier molecular flexibility index (Phi) is 4.35. The molecule has 4 aromatic rings. The van der Waals surface area contributed by atoms with Crippen molar-refractivity contribution in [2.24, 2.45) is 0 Å². The van der Waals surface area contributed by atoms with Gasteiger partial charge in [-0.1, -0.05) is 11.6 Å². The number of hydrogen-bond donors (Lipinski definition) is 0. The third kappa shape index (κ3) is 3.28. The molecule has 0 amide bonds. The summed E-state index contributed by atoms with van der Waals surface area (Å²) in [5, 5.41) is 20.2. The van der Waals surface area contributed by atoms with Crippen LogP contribution in [0, 0.1) is 10.1 Å². The van der Waals surface area contributed by atoms with Gasteiger partial charge >= 0.3 is 0 Å². The lowest BCUT2D eigenvalue weighted by Crippen LogP contribution is -2.00. The van der Waals surface area contributed by atoms with Crippen LogP contribution in [0.15, 0.2) is 73.1 Å². The Bertz CT molecular complexity index is 1090. The zero-order valence-corrected chi connectivity index (χ0v) is 14.6. The van der Waals surface area contributed by atoms with E-state index in [4.69, 9.17) is 11.6 Å². The Hall–Kier alpha value is -3.58. The molecule has 0 saturated heterocycles. The summed E-state index contributed by atoms with van der Waals surface area (Å²) in [7, 11) is 0. The van der Waals surface area contributed by atoms with Crippen molar-refractivity contribution in [1.82, 2.24) is 19.7 Å². The first kappa shape index (κ1) is 16.9. The van der Waals surface area contributed by atoms with Gasteiger partial charge in [0.1, 0.15) is 0 Å². The van der Waals surface area contributed by atoms with Crippen molar-refractivity contribution in [3.05, 3.63) is 88.2 Å². The van der Waals surface area contributed by atoms with Gasteiger partial charge in [0, 0.05) is 46.4 Å². The highest BCUT2D eigenvalue weighted by molar-refractivity contribution is 6.30. The minimum atomic E-state index is -0.434. The van der Waals surface area contributed by atoms with E-state index in [0.717, 1.165) is 11.3 Å². The first-order chi connectivity index (χ1) is 13.1. The van der Waals surface area contributed by atoms with E-state index in [9.17, 15) is 10.1 Å². The maximum Gasteiger partial charge on any atom is 0.269 e. The molecule has 0 aliphatic rings. The second-order valence-corrected chi connectivity index (χ2v) is 6.14. The van der Waals surface area contributed by atoms with Gasteiger partial charge in [0.2, 0.25) is 0 Å². The fourth-order valence-corrected chi connectivity index (χ4v) is 2.85. The molecule has 7 nitrogen and oxygen atoms in total. The summed E-state index contributed by atoms with van der Waals surface area (Å²) in [5.41, 5.74) is 2.40. The third-order valence-corrected chi connectivity index (χ3v) is 4.27. The summed E-state index contributed by atoms with van der Waals surface area (Å²) in [6.07, 6.45) is 3.36. The second-order valence-electron chi connectivity index (χ2n) is 5.70. The van der Waals surface area contributed by atoms with Gasteiger partial charge in [-0.05, 0) is 48.5 Å². The minimum Gasteiger partial charge on any atom is -0.275 e. The highest BCUT2D eigenvalue weighted by atomic mass is 35.5. The van der Waals surface area contributed by atoms with E-state index in [1.165, 1.54) is 12.1 Å². The van der Waals surface area contributed by atoms with Gasteiger partial charge in [-0.15, -0.1) is 10.2 Å². The van der Waals surface area contributed by atoms with E-state index in [2.05, 4.69) is 15.2 Å². The van der Waals surface area contributed by atoms with Crippen molar-refractivity contribution >= 4 is 17.3 Å². The lowest BCUT2D eigenvalue weighted by atomic mass is 10.1. The number of nitrogens with zero attached hydrogens (tertiary/aromatic N) is 5. The smallest absolute Gasteiger partial charge is 0.269 e. The summed E-state index contributed by atoms with van der Waals surface area (Å²) in [5.74, 6) is 1.20. The quantitative estimate of drug-likeness (QED) is 0.384. The van der Waals surface area contributed by atoms with Gasteiger partial charge < -0.3 is 0 Å². The van der Waals surface area contributed by atoms with Crippen LogP contribution in [0.2, 0.25) is 5.02 Å². The zero-order chi connectivity index (χ0) is 18.8. The van der Waals surface area contributed by atoms with Crippen LogP contribution in [0.5, 0.6) is 0 Å². The molecule has 0 fully saturated rings. The lowest BCUT2D eigenvalue weighted by molar-refractivity contribution is -0.384. The van der Waals surface area contributed by atoms with Crippen molar-refractivity contribution in [3.8, 4) is 28.5 Å². The normalized spacial score (nSPS) is 10.7. The van der Waals surface area contributed by atoms with E-state index in [1.54, 1.807) is 36.7 Å². The fourth-order valence-electron chi connectivity index (χ4n) is 2.73. The molecule has 0 N–H and O–H groups in total. The van der Waals surface area contributed by atoms with Crippen molar-refractivity contribution in [2.45, 2.75) is 0 Å². The number of benzene rings is 2. The SMILES string of the molecule is O=[N+]([O-])c1ccc(-c2nnc(-c3ccncc3)n2-c2ccc(Cl)cc2)cc1. The van der Waals surface area contributed by atoms with Crippen LogP contribution in [0.3, 0.4) is 0 Å². The summed E-state index contributed by atoms with van der Waals surface area (Å²) in [4.78, 5) is 14.5. The van der Waals surface area contributed by atoms with Gasteiger partial charge in [0.15, 0.2) is 11.6 Å². The Morgan fingerprint density at radius 1 is 0.815 bits per heavy atom. The molecule has 0 bridgehead atoms. The lowest BCUT2D eigenvalue weighted by Gasteiger charge is -2.11. The molecule has 0 spiro atoms. The monoisotopic (exact) mass is 377 g/mol. The van der Waals surface area contributed by atoms with Gasteiger partial charge in [-0.2, -0.15) is 0 Å². The van der Waals surface area contributed by atoms with Crippen LogP contribution >= 0.6 is 11.6 Å². The molecular formula is C19H12ClN5O2. The number of non-ortho nitro benzene ring substituents is 1. The Morgan fingerprint density at radius 2 is 1.37 bits per heavy atom. The molecule has 2 aromatic carbocycles. The number of halogens is 1. The Morgan fingerprint density at radius 3 is 1.93 bits per heavy atom. The van der Waals surface area contributed by atoms with E-state index < -0.39 is 4.92 Å². The molecule has 0 unspecified atom stereocenters. The topological polar surface area (TPSA) is 86.7 Å². The predicted octanol–water partition coefficient (Wildman–Crippen LogP) is 4.56. The van der Waals surface area contributed by atoms with Crippen LogP contribution in [0.25, 0.3) is 28.5 Å². The summed E-state index contributed by atoms with van der Waals surface area (Å²) in [6, 6.07) is 17.2. The summed E-state index contributed by atoms with van der Waals surface area (Å²) < 4.78 is 1.88. The zero-order valence-electron chi connectivity index (χ0n) is 13.9. The Balaban J connectivity index is 1.90. The van der Waals surface area contributed by atoms with E-state index in [-0.39, 0.29) is 5.69 Å². The molecule has 4 rings (SSSR count). The van der Waals surface area contributed by atoms with Crippen molar-refractivity contribution in [2.75, 3.05) is 0 Å². The molecule has 0 aliphatic carbocycles. The maximum atomic E-state index is 10.9. The molecule has 2 aromatic heterocycles. The largest absolute Gasteiger partial charge is 0.275 e. The number of hydrogen-bond acceptors (Lipinski definition) is 5. The van der Waals surface area contributed by atoms with Crippen LogP contribution in [0.4, 0.5) is 5.69 Å². The molecule has 0 atom stereocenters. The molecule has 27 heavy (non-hydrogen) atoms. The van der Waals surface area contributed by atoms with Gasteiger partial charge in [0.25, 0.3) is 5.69 Å². The van der Waals surface area contributed by atoms with Crippen molar-refractivity contribution in [1.29, 1.82) is 0 Å². The molecule has 0 saturated carbocycles. The van der Waals surface area contributed by atoms with Gasteiger partial charge in [-0.25, -0.2) is 0 Å². The van der Waals surface area contributed by atoms with Gasteiger partial charge in [0.05, 0.1) is 4.92 Å². The first-order valence-corrected chi connectivity index (χ1v) is 8.38. The average Bonchev–Trinajstić information content (AvgIpc) is 3.14. The Labute approximate surface area is 159 Å². The third-order valence-electron chi connectivity index (χ3n) is 4.02. The number of nitro groups is 1. The molecular weight excluding hydrogens is 366 g/mol. The standard InChI is InChI=1S/C19H12ClN5O2/c20-15-3-7-16(8-4-15)24-18(13-1-5-17(6-2-13)25(26)27)22-23-19(24)14-9-11-21-12-10-14/h1-12H.